The minimum atomic E-state index is -3.57. The summed E-state index contributed by atoms with van der Waals surface area (Å²) < 4.78 is 26.0. The van der Waals surface area contributed by atoms with Gasteiger partial charge in [0.1, 0.15) is 6.04 Å². The second-order valence-corrected chi connectivity index (χ2v) is 11.6. The number of hydrogen-bond acceptors (Lipinski definition) is 4. The van der Waals surface area contributed by atoms with E-state index in [4.69, 9.17) is 11.6 Å². The zero-order chi connectivity index (χ0) is 26.2. The Morgan fingerprint density at radius 1 is 1.06 bits per heavy atom. The highest BCUT2D eigenvalue weighted by Gasteiger charge is 2.26. The molecule has 2 amide bonds. The molecular weight excluding hydrogens is 486 g/mol. The Morgan fingerprint density at radius 2 is 1.74 bits per heavy atom. The summed E-state index contributed by atoms with van der Waals surface area (Å²) in [6.45, 7) is 8.65. The van der Waals surface area contributed by atoms with Crippen LogP contribution in [-0.4, -0.2) is 50.5 Å². The zero-order valence-electron chi connectivity index (χ0n) is 21.1. The van der Waals surface area contributed by atoms with Crippen molar-refractivity contribution in [1.82, 2.24) is 10.2 Å². The lowest BCUT2D eigenvalue weighted by molar-refractivity contribution is -0.140. The monoisotopic (exact) mass is 521 g/mol. The molecule has 0 heterocycles. The van der Waals surface area contributed by atoms with Crippen LogP contribution in [0.2, 0.25) is 5.02 Å². The highest BCUT2D eigenvalue weighted by Crippen LogP contribution is 2.22. The van der Waals surface area contributed by atoms with E-state index in [1.807, 2.05) is 45.0 Å². The molecule has 9 heteroatoms. The fraction of sp³-hybridized carbons (Fsp3) is 0.462. The molecular formula is C26H36ClN3O4S. The summed E-state index contributed by atoms with van der Waals surface area (Å²) in [6, 6.07) is 13.7. The number of nitrogens with one attached hydrogen (secondary N) is 1. The van der Waals surface area contributed by atoms with E-state index in [9.17, 15) is 18.0 Å². The summed E-state index contributed by atoms with van der Waals surface area (Å²) in [5.41, 5.74) is 2.45. The van der Waals surface area contributed by atoms with Gasteiger partial charge in [-0.3, -0.25) is 13.9 Å². The largest absolute Gasteiger partial charge is 0.354 e. The van der Waals surface area contributed by atoms with Gasteiger partial charge in [-0.2, -0.15) is 0 Å². The van der Waals surface area contributed by atoms with Crippen molar-refractivity contribution in [1.29, 1.82) is 0 Å². The fourth-order valence-corrected chi connectivity index (χ4v) is 4.82. The van der Waals surface area contributed by atoms with Gasteiger partial charge in [0.15, 0.2) is 0 Å². The Labute approximate surface area is 214 Å². The molecule has 0 spiro atoms. The summed E-state index contributed by atoms with van der Waals surface area (Å²) in [5, 5.41) is 3.33. The lowest BCUT2D eigenvalue weighted by Gasteiger charge is -2.30. The number of sulfonamides is 1. The molecule has 0 bridgehead atoms. The molecule has 0 aliphatic heterocycles. The normalized spacial score (nSPS) is 12.3. The molecule has 35 heavy (non-hydrogen) atoms. The number of rotatable bonds is 12. The van der Waals surface area contributed by atoms with Crippen LogP contribution < -0.4 is 9.62 Å². The second-order valence-electron chi connectivity index (χ2n) is 9.24. The predicted molar refractivity (Wildman–Crippen MR) is 142 cm³/mol. The number of hydrogen-bond donors (Lipinski definition) is 1. The molecule has 7 nitrogen and oxygen atoms in total. The summed E-state index contributed by atoms with van der Waals surface area (Å²) in [6.07, 6.45) is 1.52. The Morgan fingerprint density at radius 3 is 2.34 bits per heavy atom. The van der Waals surface area contributed by atoms with Crippen LogP contribution in [0.3, 0.4) is 0 Å². The Bertz CT molecular complexity index is 1120. The van der Waals surface area contributed by atoms with Crippen molar-refractivity contribution in [3.63, 3.8) is 0 Å². The van der Waals surface area contributed by atoms with Crippen LogP contribution in [0.15, 0.2) is 48.5 Å². The van der Waals surface area contributed by atoms with Crippen LogP contribution >= 0.6 is 11.6 Å². The Balaban J connectivity index is 2.16. The molecule has 0 fully saturated rings. The van der Waals surface area contributed by atoms with Crippen molar-refractivity contribution in [3.05, 3.63) is 64.7 Å². The first kappa shape index (κ1) is 28.7. The molecule has 2 aromatic rings. The maximum atomic E-state index is 13.3. The van der Waals surface area contributed by atoms with Gasteiger partial charge >= 0.3 is 0 Å². The van der Waals surface area contributed by atoms with E-state index in [-0.39, 0.29) is 24.8 Å². The van der Waals surface area contributed by atoms with Crippen LogP contribution in [-0.2, 0) is 26.2 Å². The van der Waals surface area contributed by atoms with Gasteiger partial charge in [0, 0.05) is 31.1 Å². The van der Waals surface area contributed by atoms with Gasteiger partial charge in [-0.15, -0.1) is 0 Å². The van der Waals surface area contributed by atoms with Crippen molar-refractivity contribution in [2.24, 2.45) is 5.92 Å². The van der Waals surface area contributed by atoms with Crippen molar-refractivity contribution >= 4 is 39.1 Å². The third-order valence-corrected chi connectivity index (χ3v) is 6.96. The Hall–Kier alpha value is -2.58. The summed E-state index contributed by atoms with van der Waals surface area (Å²) in [7, 11) is -3.57. The van der Waals surface area contributed by atoms with E-state index in [0.717, 1.165) is 17.4 Å². The van der Waals surface area contributed by atoms with E-state index >= 15 is 0 Å². The average Bonchev–Trinajstić information content (AvgIpc) is 2.77. The molecule has 1 N–H and O–H groups in total. The van der Waals surface area contributed by atoms with Crippen LogP contribution in [0, 0.1) is 12.8 Å². The SMILES string of the molecule is Cc1cccc(CN(C(=O)CCCN(c2cccc(Cl)c2)S(C)(=O)=O)C(C)C(=O)NCC(C)C)c1. The number of halogens is 1. The summed E-state index contributed by atoms with van der Waals surface area (Å²) in [5.74, 6) is -0.129. The molecule has 192 valence electrons. The lowest BCUT2D eigenvalue weighted by Crippen LogP contribution is -2.48. The van der Waals surface area contributed by atoms with Crippen molar-refractivity contribution in [2.75, 3.05) is 23.7 Å². The van der Waals surface area contributed by atoms with E-state index in [2.05, 4.69) is 5.32 Å². The number of nitrogens with zero attached hydrogens (tertiary/aromatic N) is 2. The van der Waals surface area contributed by atoms with Crippen LogP contribution in [0.5, 0.6) is 0 Å². The quantitative estimate of drug-likeness (QED) is 0.449. The van der Waals surface area contributed by atoms with E-state index in [1.54, 1.807) is 36.1 Å². The van der Waals surface area contributed by atoms with Gasteiger partial charge in [-0.1, -0.05) is 61.3 Å². The first-order chi connectivity index (χ1) is 16.4. The molecule has 0 saturated carbocycles. The number of amides is 2. The average molecular weight is 522 g/mol. The minimum absolute atomic E-state index is 0.0974. The van der Waals surface area contributed by atoms with Gasteiger partial charge in [0.25, 0.3) is 0 Å². The van der Waals surface area contributed by atoms with Crippen LogP contribution in [0.4, 0.5) is 5.69 Å². The topological polar surface area (TPSA) is 86.8 Å². The lowest BCUT2D eigenvalue weighted by atomic mass is 10.1. The second kappa shape index (κ2) is 12.9. The first-order valence-corrected chi connectivity index (χ1v) is 14.0. The smallest absolute Gasteiger partial charge is 0.242 e. The molecule has 0 saturated heterocycles. The molecule has 0 aliphatic carbocycles. The first-order valence-electron chi connectivity index (χ1n) is 11.7. The minimum Gasteiger partial charge on any atom is -0.354 e. The van der Waals surface area contributed by atoms with Gasteiger partial charge in [-0.25, -0.2) is 8.42 Å². The maximum absolute atomic E-state index is 13.3. The highest BCUT2D eigenvalue weighted by molar-refractivity contribution is 7.92. The standard InChI is InChI=1S/C26H36ClN3O4S/c1-19(2)17-28-26(32)21(4)29(18-22-10-6-9-20(3)15-22)25(31)13-8-14-30(35(5,33)34)24-12-7-11-23(27)16-24/h6-7,9-12,15-16,19,21H,8,13-14,17-18H2,1-5H3,(H,28,32). The zero-order valence-corrected chi connectivity index (χ0v) is 22.7. The molecule has 1 unspecified atom stereocenters. The fourth-order valence-electron chi connectivity index (χ4n) is 3.68. The molecule has 2 rings (SSSR count). The molecule has 0 aromatic heterocycles. The van der Waals surface area contributed by atoms with E-state index in [0.29, 0.717) is 36.1 Å². The molecule has 1 atom stereocenters. The van der Waals surface area contributed by atoms with Gasteiger partial charge < -0.3 is 10.2 Å². The summed E-state index contributed by atoms with van der Waals surface area (Å²) >= 11 is 6.04. The maximum Gasteiger partial charge on any atom is 0.242 e. The van der Waals surface area contributed by atoms with E-state index in [1.165, 1.54) is 4.31 Å². The third kappa shape index (κ3) is 9.18. The predicted octanol–water partition coefficient (Wildman–Crippen LogP) is 4.38. The highest BCUT2D eigenvalue weighted by atomic mass is 35.5. The van der Waals surface area contributed by atoms with Crippen LogP contribution in [0.1, 0.15) is 44.7 Å². The summed E-state index contributed by atoms with van der Waals surface area (Å²) in [4.78, 5) is 27.6. The number of anilines is 1. The van der Waals surface area contributed by atoms with E-state index < -0.39 is 16.1 Å². The number of aryl methyl sites for hydroxylation is 1. The molecule has 0 aliphatic rings. The Kier molecular flexibility index (Phi) is 10.6. The molecule has 0 radical (unpaired) electrons. The van der Waals surface area contributed by atoms with Gasteiger partial charge in [0.2, 0.25) is 21.8 Å². The van der Waals surface area contributed by atoms with Crippen molar-refractivity contribution < 1.29 is 18.0 Å². The molecule has 2 aromatic carbocycles. The number of benzene rings is 2. The van der Waals surface area contributed by atoms with Crippen molar-refractivity contribution in [3.8, 4) is 0 Å². The van der Waals surface area contributed by atoms with Crippen LogP contribution in [0.25, 0.3) is 0 Å². The van der Waals surface area contributed by atoms with Crippen molar-refractivity contribution in [2.45, 2.75) is 53.1 Å². The number of carbonyl (C=O) groups is 2. The third-order valence-electron chi connectivity index (χ3n) is 5.54. The van der Waals surface area contributed by atoms with Gasteiger partial charge in [0.05, 0.1) is 11.9 Å². The number of carbonyl (C=O) groups excluding carboxylic acids is 2. The van der Waals surface area contributed by atoms with Gasteiger partial charge in [-0.05, 0) is 49.9 Å².